The number of carbonyl (C=O) groups is 1. The first-order valence-corrected chi connectivity index (χ1v) is 5.95. The number of carbonyl (C=O) groups excluding carboxylic acids is 1. The van der Waals surface area contributed by atoms with Crippen LogP contribution in [0.4, 0.5) is 0 Å². The predicted octanol–water partition coefficient (Wildman–Crippen LogP) is 1.51. The van der Waals surface area contributed by atoms with Crippen molar-refractivity contribution < 1.29 is 4.79 Å². The van der Waals surface area contributed by atoms with Crippen molar-refractivity contribution in [2.75, 3.05) is 0 Å². The van der Waals surface area contributed by atoms with Crippen LogP contribution in [0.1, 0.15) is 34.4 Å². The Morgan fingerprint density at radius 2 is 2.17 bits per heavy atom. The monoisotopic (exact) mass is 244 g/mol. The Morgan fingerprint density at radius 3 is 2.78 bits per heavy atom. The van der Waals surface area contributed by atoms with Crippen molar-refractivity contribution in [2.24, 2.45) is 7.05 Å². The molecule has 0 radical (unpaired) electrons. The van der Waals surface area contributed by atoms with Gasteiger partial charge < -0.3 is 0 Å². The van der Waals surface area contributed by atoms with Gasteiger partial charge in [-0.25, -0.2) is 0 Å². The molecule has 0 bridgehead atoms. The molecular formula is C13H16N4O. The SMILES string of the molecule is CCc1nnc(C)cc1C(=O)Cc1ccn(C)n1. The number of aryl methyl sites for hydroxylation is 3. The lowest BCUT2D eigenvalue weighted by Crippen LogP contribution is -2.10. The molecule has 0 N–H and O–H groups in total. The zero-order chi connectivity index (χ0) is 13.1. The van der Waals surface area contributed by atoms with Gasteiger partial charge in [-0.3, -0.25) is 9.48 Å². The second-order valence-electron chi connectivity index (χ2n) is 4.28. The van der Waals surface area contributed by atoms with Gasteiger partial charge in [-0.1, -0.05) is 6.92 Å². The second kappa shape index (κ2) is 5.08. The molecule has 0 saturated heterocycles. The van der Waals surface area contributed by atoms with Gasteiger partial charge in [-0.05, 0) is 25.5 Å². The molecule has 0 aliphatic heterocycles. The fraction of sp³-hybridized carbons (Fsp3) is 0.385. The molecule has 2 rings (SSSR count). The van der Waals surface area contributed by atoms with Crippen LogP contribution in [0.3, 0.4) is 0 Å². The van der Waals surface area contributed by atoms with Crippen molar-refractivity contribution in [3.05, 3.63) is 41.0 Å². The highest BCUT2D eigenvalue weighted by atomic mass is 16.1. The van der Waals surface area contributed by atoms with E-state index >= 15 is 0 Å². The summed E-state index contributed by atoms with van der Waals surface area (Å²) in [4.78, 5) is 12.2. The molecule has 2 aromatic rings. The van der Waals surface area contributed by atoms with E-state index in [1.807, 2.05) is 33.2 Å². The average molecular weight is 244 g/mol. The number of hydrogen-bond donors (Lipinski definition) is 0. The van der Waals surface area contributed by atoms with Gasteiger partial charge in [0.05, 0.1) is 23.5 Å². The van der Waals surface area contributed by atoms with Crippen LogP contribution in [-0.4, -0.2) is 25.8 Å². The van der Waals surface area contributed by atoms with E-state index in [2.05, 4.69) is 15.3 Å². The number of ketones is 1. The molecule has 2 heterocycles. The fourth-order valence-corrected chi connectivity index (χ4v) is 1.83. The second-order valence-corrected chi connectivity index (χ2v) is 4.28. The minimum Gasteiger partial charge on any atom is -0.294 e. The summed E-state index contributed by atoms with van der Waals surface area (Å²) >= 11 is 0. The van der Waals surface area contributed by atoms with Gasteiger partial charge in [0.15, 0.2) is 5.78 Å². The van der Waals surface area contributed by atoms with Crippen LogP contribution >= 0.6 is 0 Å². The van der Waals surface area contributed by atoms with Gasteiger partial charge in [-0.15, -0.1) is 0 Å². The van der Waals surface area contributed by atoms with Crippen LogP contribution in [-0.2, 0) is 19.9 Å². The minimum atomic E-state index is 0.0450. The van der Waals surface area contributed by atoms with Gasteiger partial charge in [0.1, 0.15) is 0 Å². The number of nitrogens with zero attached hydrogens (tertiary/aromatic N) is 4. The maximum atomic E-state index is 12.2. The molecule has 0 aliphatic carbocycles. The first-order valence-electron chi connectivity index (χ1n) is 5.95. The summed E-state index contributed by atoms with van der Waals surface area (Å²) in [5, 5.41) is 12.3. The molecular weight excluding hydrogens is 228 g/mol. The largest absolute Gasteiger partial charge is 0.294 e. The quantitative estimate of drug-likeness (QED) is 0.765. The summed E-state index contributed by atoms with van der Waals surface area (Å²) in [6.45, 7) is 3.81. The van der Waals surface area contributed by atoms with E-state index in [9.17, 15) is 4.79 Å². The third kappa shape index (κ3) is 2.61. The van der Waals surface area contributed by atoms with Crippen molar-refractivity contribution in [2.45, 2.75) is 26.7 Å². The molecule has 94 valence electrons. The van der Waals surface area contributed by atoms with E-state index in [0.29, 0.717) is 18.4 Å². The lowest BCUT2D eigenvalue weighted by Gasteiger charge is -2.05. The molecule has 0 fully saturated rings. The van der Waals surface area contributed by atoms with Crippen LogP contribution in [0, 0.1) is 6.92 Å². The zero-order valence-electron chi connectivity index (χ0n) is 10.8. The minimum absolute atomic E-state index is 0.0450. The van der Waals surface area contributed by atoms with E-state index in [-0.39, 0.29) is 5.78 Å². The Bertz CT molecular complexity index is 574. The third-order valence-electron chi connectivity index (χ3n) is 2.74. The third-order valence-corrected chi connectivity index (χ3v) is 2.74. The number of Topliss-reactive ketones (excluding diaryl/α,β-unsaturated/α-hetero) is 1. The smallest absolute Gasteiger partial charge is 0.170 e. The Labute approximate surface area is 106 Å². The van der Waals surface area contributed by atoms with Crippen LogP contribution in [0.15, 0.2) is 18.3 Å². The molecule has 0 saturated carbocycles. The maximum Gasteiger partial charge on any atom is 0.170 e. The Morgan fingerprint density at radius 1 is 1.39 bits per heavy atom. The summed E-state index contributed by atoms with van der Waals surface area (Å²) in [5.41, 5.74) is 2.95. The lowest BCUT2D eigenvalue weighted by molar-refractivity contribution is 0.0990. The first kappa shape index (κ1) is 12.4. The molecule has 0 aliphatic rings. The molecule has 0 unspecified atom stereocenters. The summed E-state index contributed by atoms with van der Waals surface area (Å²) in [6, 6.07) is 3.65. The van der Waals surface area contributed by atoms with Gasteiger partial charge in [0.25, 0.3) is 0 Å². The van der Waals surface area contributed by atoms with Crippen LogP contribution in [0.25, 0.3) is 0 Å². The Kier molecular flexibility index (Phi) is 3.50. The Hall–Kier alpha value is -2.04. The number of hydrogen-bond acceptors (Lipinski definition) is 4. The van der Waals surface area contributed by atoms with E-state index in [1.165, 1.54) is 0 Å². The molecule has 18 heavy (non-hydrogen) atoms. The predicted molar refractivity (Wildman–Crippen MR) is 67.4 cm³/mol. The van der Waals surface area contributed by atoms with Crippen LogP contribution in [0.5, 0.6) is 0 Å². The molecule has 5 nitrogen and oxygen atoms in total. The summed E-state index contributed by atoms with van der Waals surface area (Å²) in [6.07, 6.45) is 2.84. The van der Waals surface area contributed by atoms with Crippen LogP contribution in [0.2, 0.25) is 0 Å². The van der Waals surface area contributed by atoms with Crippen LogP contribution < -0.4 is 0 Å². The average Bonchev–Trinajstić information content (AvgIpc) is 2.74. The highest BCUT2D eigenvalue weighted by Gasteiger charge is 2.14. The number of rotatable bonds is 4. The lowest BCUT2D eigenvalue weighted by atomic mass is 10.0. The molecule has 0 aromatic carbocycles. The van der Waals surface area contributed by atoms with E-state index < -0.39 is 0 Å². The molecule has 0 atom stereocenters. The normalized spacial score (nSPS) is 10.6. The van der Waals surface area contributed by atoms with Crippen molar-refractivity contribution in [1.29, 1.82) is 0 Å². The van der Waals surface area contributed by atoms with Crippen molar-refractivity contribution >= 4 is 5.78 Å². The van der Waals surface area contributed by atoms with Crippen molar-refractivity contribution in [1.82, 2.24) is 20.0 Å². The van der Waals surface area contributed by atoms with Gasteiger partial charge in [-0.2, -0.15) is 15.3 Å². The van der Waals surface area contributed by atoms with Crippen molar-refractivity contribution in [3.63, 3.8) is 0 Å². The molecule has 5 heteroatoms. The standard InChI is InChI=1S/C13H16N4O/c1-4-12-11(7-9(2)14-15-12)13(18)8-10-5-6-17(3)16-10/h5-7H,4,8H2,1-3H3. The van der Waals surface area contributed by atoms with E-state index in [1.54, 1.807) is 10.7 Å². The van der Waals surface area contributed by atoms with Gasteiger partial charge >= 0.3 is 0 Å². The van der Waals surface area contributed by atoms with E-state index in [4.69, 9.17) is 0 Å². The first-order chi connectivity index (χ1) is 8.60. The summed E-state index contributed by atoms with van der Waals surface area (Å²) < 4.78 is 1.69. The highest BCUT2D eigenvalue weighted by Crippen LogP contribution is 2.11. The Balaban J connectivity index is 2.25. The number of aromatic nitrogens is 4. The molecule has 2 aromatic heterocycles. The summed E-state index contributed by atoms with van der Waals surface area (Å²) in [7, 11) is 1.84. The van der Waals surface area contributed by atoms with E-state index in [0.717, 1.165) is 17.1 Å². The van der Waals surface area contributed by atoms with Gasteiger partial charge in [0.2, 0.25) is 0 Å². The van der Waals surface area contributed by atoms with Crippen molar-refractivity contribution in [3.8, 4) is 0 Å². The zero-order valence-corrected chi connectivity index (χ0v) is 10.8. The van der Waals surface area contributed by atoms with Gasteiger partial charge in [0, 0.05) is 18.8 Å². The highest BCUT2D eigenvalue weighted by molar-refractivity contribution is 5.98. The molecule has 0 amide bonds. The summed E-state index contributed by atoms with van der Waals surface area (Å²) in [5.74, 6) is 0.0450. The topological polar surface area (TPSA) is 60.7 Å². The molecule has 0 spiro atoms. The fourth-order valence-electron chi connectivity index (χ4n) is 1.83. The maximum absolute atomic E-state index is 12.2.